The first-order valence-corrected chi connectivity index (χ1v) is 8.98. The highest BCUT2D eigenvalue weighted by Crippen LogP contribution is 2.28. The largest absolute Gasteiger partial charge is 0.480 e. The van der Waals surface area contributed by atoms with Crippen LogP contribution in [0.2, 0.25) is 5.02 Å². The Kier molecular flexibility index (Phi) is 4.49. The number of carbonyl (C=O) groups excluding carboxylic acids is 1. The van der Waals surface area contributed by atoms with Crippen molar-refractivity contribution in [3.8, 4) is 5.75 Å². The number of anilines is 1. The fourth-order valence-electron chi connectivity index (χ4n) is 3.41. The second kappa shape index (κ2) is 6.92. The number of fused-ring (bicyclic) bond motifs is 1. The van der Waals surface area contributed by atoms with Crippen molar-refractivity contribution < 1.29 is 9.53 Å². The molecule has 0 spiro atoms. The van der Waals surface area contributed by atoms with E-state index in [9.17, 15) is 4.79 Å². The van der Waals surface area contributed by atoms with Crippen LogP contribution in [0.25, 0.3) is 0 Å². The van der Waals surface area contributed by atoms with Crippen molar-refractivity contribution in [3.05, 3.63) is 53.2 Å². The summed E-state index contributed by atoms with van der Waals surface area (Å²) in [6, 6.07) is 11.7. The molecule has 0 aliphatic carbocycles. The van der Waals surface area contributed by atoms with Gasteiger partial charge >= 0.3 is 0 Å². The van der Waals surface area contributed by atoms with E-state index in [-0.39, 0.29) is 12.0 Å². The third-order valence-corrected chi connectivity index (χ3v) is 5.04. The number of ether oxygens (including phenoxy) is 1. The molecule has 3 heterocycles. The Morgan fingerprint density at radius 3 is 2.68 bits per heavy atom. The lowest BCUT2D eigenvalue weighted by Gasteiger charge is -2.37. The molecule has 1 aromatic heterocycles. The third-order valence-electron chi connectivity index (χ3n) is 4.82. The van der Waals surface area contributed by atoms with Crippen molar-refractivity contribution in [1.82, 2.24) is 9.88 Å². The van der Waals surface area contributed by atoms with Crippen LogP contribution < -0.4 is 9.64 Å². The predicted octanol–water partition coefficient (Wildman–Crippen LogP) is 2.78. The van der Waals surface area contributed by atoms with Crippen LogP contribution in [0.3, 0.4) is 0 Å². The van der Waals surface area contributed by atoms with Gasteiger partial charge in [-0.2, -0.15) is 0 Å². The summed E-state index contributed by atoms with van der Waals surface area (Å²) in [5.41, 5.74) is 1.19. The van der Waals surface area contributed by atoms with Gasteiger partial charge in [-0.1, -0.05) is 29.8 Å². The molecule has 0 unspecified atom stereocenters. The third kappa shape index (κ3) is 3.42. The average Bonchev–Trinajstić information content (AvgIpc) is 2.68. The molecule has 2 aliphatic heterocycles. The normalized spacial score (nSPS) is 20.0. The van der Waals surface area contributed by atoms with Gasteiger partial charge in [0, 0.05) is 32.4 Å². The van der Waals surface area contributed by atoms with Crippen molar-refractivity contribution in [2.45, 2.75) is 18.9 Å². The van der Waals surface area contributed by atoms with Gasteiger partial charge in [-0.15, -0.1) is 0 Å². The minimum Gasteiger partial charge on any atom is -0.480 e. The first-order chi connectivity index (χ1) is 12.2. The van der Waals surface area contributed by atoms with Gasteiger partial charge in [-0.25, -0.2) is 4.98 Å². The highest BCUT2D eigenvalue weighted by atomic mass is 35.5. The molecule has 1 aromatic carbocycles. The van der Waals surface area contributed by atoms with Crippen molar-refractivity contribution in [1.29, 1.82) is 0 Å². The summed E-state index contributed by atoms with van der Waals surface area (Å²) in [5.74, 6) is 1.84. The van der Waals surface area contributed by atoms with Gasteiger partial charge in [0.1, 0.15) is 11.6 Å². The zero-order chi connectivity index (χ0) is 17.2. The highest BCUT2D eigenvalue weighted by molar-refractivity contribution is 6.30. The predicted molar refractivity (Wildman–Crippen MR) is 97.2 cm³/mol. The molecule has 2 aromatic rings. The van der Waals surface area contributed by atoms with Crippen molar-refractivity contribution in [2.24, 2.45) is 0 Å². The zero-order valence-electron chi connectivity index (χ0n) is 13.9. The summed E-state index contributed by atoms with van der Waals surface area (Å²) in [4.78, 5) is 21.2. The van der Waals surface area contributed by atoms with E-state index < -0.39 is 0 Å². The molecule has 130 valence electrons. The van der Waals surface area contributed by atoms with Gasteiger partial charge in [-0.3, -0.25) is 4.79 Å². The molecule has 5 nitrogen and oxygen atoms in total. The Morgan fingerprint density at radius 2 is 1.92 bits per heavy atom. The fourth-order valence-corrected chi connectivity index (χ4v) is 3.52. The number of carbonyl (C=O) groups is 1. The van der Waals surface area contributed by atoms with E-state index in [1.54, 1.807) is 6.20 Å². The minimum absolute atomic E-state index is 0.0956. The second-order valence-electron chi connectivity index (χ2n) is 6.40. The number of hydrogen-bond acceptors (Lipinski definition) is 4. The number of piperazine rings is 1. The molecule has 0 saturated carbocycles. The number of halogens is 1. The number of para-hydroxylation sites is 1. The molecule has 1 amide bonds. The standard InChI is InChI=1S/C19H20ClN3O2/c20-15-6-8-18(21-13-15)22-9-11-23(12-10-22)19(24)17-7-5-14-3-1-2-4-16(14)25-17/h1-4,6,8,13,17H,5,7,9-12H2/t17-/m0/s1. The minimum atomic E-state index is -0.366. The van der Waals surface area contributed by atoms with E-state index in [0.29, 0.717) is 18.1 Å². The van der Waals surface area contributed by atoms with E-state index >= 15 is 0 Å². The van der Waals surface area contributed by atoms with Crippen LogP contribution in [0.5, 0.6) is 5.75 Å². The molecule has 4 rings (SSSR count). The molecule has 0 bridgehead atoms. The fraction of sp³-hybridized carbons (Fsp3) is 0.368. The quantitative estimate of drug-likeness (QED) is 0.829. The molecule has 1 atom stereocenters. The van der Waals surface area contributed by atoms with Gasteiger partial charge in [0.15, 0.2) is 6.10 Å². The first kappa shape index (κ1) is 16.2. The molecule has 1 fully saturated rings. The number of hydrogen-bond donors (Lipinski definition) is 0. The topological polar surface area (TPSA) is 45.7 Å². The summed E-state index contributed by atoms with van der Waals surface area (Å²) in [7, 11) is 0. The highest BCUT2D eigenvalue weighted by Gasteiger charge is 2.31. The van der Waals surface area contributed by atoms with E-state index in [2.05, 4.69) is 16.0 Å². The number of pyridine rings is 1. The number of aromatic nitrogens is 1. The molecule has 6 heteroatoms. The smallest absolute Gasteiger partial charge is 0.263 e. The Labute approximate surface area is 152 Å². The number of benzene rings is 1. The van der Waals surface area contributed by atoms with Gasteiger partial charge in [0.2, 0.25) is 0 Å². The van der Waals surface area contributed by atoms with E-state index in [1.807, 2.05) is 35.2 Å². The summed E-state index contributed by atoms with van der Waals surface area (Å²) in [6.45, 7) is 2.91. The number of rotatable bonds is 2. The van der Waals surface area contributed by atoms with E-state index in [4.69, 9.17) is 16.3 Å². The van der Waals surface area contributed by atoms with Gasteiger partial charge in [-0.05, 0) is 36.6 Å². The number of nitrogens with zero attached hydrogens (tertiary/aromatic N) is 3. The SMILES string of the molecule is O=C([C@@H]1CCc2ccccc2O1)N1CCN(c2ccc(Cl)cn2)CC1. The Morgan fingerprint density at radius 1 is 1.12 bits per heavy atom. The summed E-state index contributed by atoms with van der Waals surface area (Å²) >= 11 is 5.89. The van der Waals surface area contributed by atoms with Crippen LogP contribution in [0.4, 0.5) is 5.82 Å². The molecular formula is C19H20ClN3O2. The van der Waals surface area contributed by atoms with Crippen LogP contribution in [0.15, 0.2) is 42.6 Å². The van der Waals surface area contributed by atoms with Crippen LogP contribution >= 0.6 is 11.6 Å². The molecular weight excluding hydrogens is 338 g/mol. The number of amides is 1. The number of aryl methyl sites for hydroxylation is 1. The Bertz CT molecular complexity index is 758. The van der Waals surface area contributed by atoms with E-state index in [0.717, 1.165) is 37.5 Å². The molecule has 25 heavy (non-hydrogen) atoms. The average molecular weight is 358 g/mol. The van der Waals surface area contributed by atoms with Crippen LogP contribution in [0, 0.1) is 0 Å². The first-order valence-electron chi connectivity index (χ1n) is 8.60. The van der Waals surface area contributed by atoms with Crippen molar-refractivity contribution >= 4 is 23.3 Å². The molecule has 1 saturated heterocycles. The summed E-state index contributed by atoms with van der Waals surface area (Å²) < 4.78 is 5.94. The van der Waals surface area contributed by atoms with E-state index in [1.165, 1.54) is 5.56 Å². The maximum absolute atomic E-state index is 12.8. The summed E-state index contributed by atoms with van der Waals surface area (Å²) in [5, 5.41) is 0.632. The monoisotopic (exact) mass is 357 g/mol. The Hall–Kier alpha value is -2.27. The zero-order valence-corrected chi connectivity index (χ0v) is 14.7. The molecule has 2 aliphatic rings. The van der Waals surface area contributed by atoms with Gasteiger partial charge in [0.25, 0.3) is 5.91 Å². The maximum atomic E-state index is 12.8. The van der Waals surface area contributed by atoms with Crippen molar-refractivity contribution in [3.63, 3.8) is 0 Å². The van der Waals surface area contributed by atoms with Crippen LogP contribution in [0.1, 0.15) is 12.0 Å². The van der Waals surface area contributed by atoms with Crippen LogP contribution in [-0.2, 0) is 11.2 Å². The van der Waals surface area contributed by atoms with Gasteiger partial charge < -0.3 is 14.5 Å². The second-order valence-corrected chi connectivity index (χ2v) is 6.84. The maximum Gasteiger partial charge on any atom is 0.263 e. The van der Waals surface area contributed by atoms with Gasteiger partial charge in [0.05, 0.1) is 5.02 Å². The van der Waals surface area contributed by atoms with Crippen LogP contribution in [-0.4, -0.2) is 48.1 Å². The lowest BCUT2D eigenvalue weighted by atomic mass is 10.0. The molecule has 0 radical (unpaired) electrons. The summed E-state index contributed by atoms with van der Waals surface area (Å²) in [6.07, 6.45) is 2.92. The lowest BCUT2D eigenvalue weighted by Crippen LogP contribution is -2.53. The van der Waals surface area contributed by atoms with Crippen molar-refractivity contribution in [2.75, 3.05) is 31.1 Å². The lowest BCUT2D eigenvalue weighted by molar-refractivity contribution is -0.139. The molecule has 0 N–H and O–H groups in total. The Balaban J connectivity index is 1.36.